The fourth-order valence-electron chi connectivity index (χ4n) is 1.30. The van der Waals surface area contributed by atoms with Crippen LogP contribution in [0.2, 0.25) is 0 Å². The second-order valence-electron chi connectivity index (χ2n) is 3.09. The van der Waals surface area contributed by atoms with Gasteiger partial charge in [0.1, 0.15) is 6.33 Å². The molecule has 2 rings (SSSR count). The highest BCUT2D eigenvalue weighted by Gasteiger charge is 2.00. The molecule has 0 saturated heterocycles. The minimum absolute atomic E-state index is 0.207. The van der Waals surface area contributed by atoms with Crippen LogP contribution in [0.3, 0.4) is 0 Å². The van der Waals surface area contributed by atoms with E-state index in [0.29, 0.717) is 17.5 Å². The molecule has 0 unspecified atom stereocenters. The molecule has 0 aliphatic carbocycles. The molecule has 2 aromatic rings. The Balaban J connectivity index is 2.49. The first-order valence-electron chi connectivity index (χ1n) is 4.93. The lowest BCUT2D eigenvalue weighted by Gasteiger charge is -1.99. The van der Waals surface area contributed by atoms with Crippen molar-refractivity contribution in [2.45, 2.75) is 6.92 Å². The highest BCUT2D eigenvalue weighted by Crippen LogP contribution is 2.04. The van der Waals surface area contributed by atoms with Crippen LogP contribution in [-0.2, 0) is 4.74 Å². The summed E-state index contributed by atoms with van der Waals surface area (Å²) in [5.74, 6) is 0. The van der Waals surface area contributed by atoms with Crippen LogP contribution in [0.5, 0.6) is 0 Å². The molecule has 5 nitrogen and oxygen atoms in total. The molecular formula is C11H11N3O2. The third-order valence-electron chi connectivity index (χ3n) is 2.06. The SMILES string of the molecule is CCOC=Nn1cnc2ccccc2c1=O. The maximum atomic E-state index is 11.9. The summed E-state index contributed by atoms with van der Waals surface area (Å²) in [7, 11) is 0. The van der Waals surface area contributed by atoms with Crippen LogP contribution >= 0.6 is 0 Å². The van der Waals surface area contributed by atoms with Crippen molar-refractivity contribution in [2.24, 2.45) is 5.10 Å². The van der Waals surface area contributed by atoms with Crippen molar-refractivity contribution < 1.29 is 4.74 Å². The highest BCUT2D eigenvalue weighted by atomic mass is 16.5. The molecule has 0 aliphatic heterocycles. The lowest BCUT2D eigenvalue weighted by Crippen LogP contribution is -2.17. The first kappa shape index (κ1) is 10.4. The van der Waals surface area contributed by atoms with E-state index < -0.39 is 0 Å². The van der Waals surface area contributed by atoms with Gasteiger partial charge >= 0.3 is 0 Å². The van der Waals surface area contributed by atoms with E-state index in [0.717, 1.165) is 4.68 Å². The second kappa shape index (κ2) is 4.57. The predicted molar refractivity (Wildman–Crippen MR) is 61.5 cm³/mol. The van der Waals surface area contributed by atoms with Crippen molar-refractivity contribution in [3.63, 3.8) is 0 Å². The van der Waals surface area contributed by atoms with Crippen molar-refractivity contribution in [1.82, 2.24) is 9.66 Å². The number of ether oxygens (including phenoxy) is 1. The van der Waals surface area contributed by atoms with Crippen molar-refractivity contribution in [2.75, 3.05) is 6.61 Å². The minimum Gasteiger partial charge on any atom is -0.482 e. The lowest BCUT2D eigenvalue weighted by molar-refractivity contribution is 0.340. The molecule has 0 atom stereocenters. The van der Waals surface area contributed by atoms with Crippen LogP contribution < -0.4 is 5.56 Å². The molecular weight excluding hydrogens is 206 g/mol. The van der Waals surface area contributed by atoms with E-state index in [1.54, 1.807) is 18.2 Å². The predicted octanol–water partition coefficient (Wildman–Crippen LogP) is 1.22. The zero-order valence-electron chi connectivity index (χ0n) is 8.83. The van der Waals surface area contributed by atoms with Crippen molar-refractivity contribution >= 4 is 17.3 Å². The molecule has 0 amide bonds. The first-order chi connectivity index (χ1) is 7.83. The van der Waals surface area contributed by atoms with Gasteiger partial charge in [0.05, 0.1) is 17.5 Å². The normalized spacial score (nSPS) is 11.1. The topological polar surface area (TPSA) is 56.5 Å². The summed E-state index contributed by atoms with van der Waals surface area (Å²) in [6.07, 6.45) is 2.61. The van der Waals surface area contributed by atoms with E-state index in [-0.39, 0.29) is 5.56 Å². The van der Waals surface area contributed by atoms with Crippen molar-refractivity contribution in [1.29, 1.82) is 0 Å². The van der Waals surface area contributed by atoms with E-state index >= 15 is 0 Å². The average Bonchev–Trinajstić information content (AvgIpc) is 2.33. The monoisotopic (exact) mass is 217 g/mol. The Morgan fingerprint density at radius 3 is 3.12 bits per heavy atom. The van der Waals surface area contributed by atoms with Gasteiger partial charge in [-0.1, -0.05) is 12.1 Å². The van der Waals surface area contributed by atoms with Gasteiger partial charge in [-0.05, 0) is 19.1 Å². The third-order valence-corrected chi connectivity index (χ3v) is 2.06. The molecule has 0 aliphatic rings. The smallest absolute Gasteiger partial charge is 0.281 e. The Morgan fingerprint density at radius 1 is 1.50 bits per heavy atom. The van der Waals surface area contributed by atoms with Gasteiger partial charge in [-0.15, -0.1) is 5.10 Å². The Hall–Kier alpha value is -2.17. The first-order valence-corrected chi connectivity index (χ1v) is 4.93. The van der Waals surface area contributed by atoms with Gasteiger partial charge in [0, 0.05) is 0 Å². The minimum atomic E-state index is -0.207. The molecule has 1 heterocycles. The summed E-state index contributed by atoms with van der Waals surface area (Å²) in [5, 5.41) is 4.38. The van der Waals surface area contributed by atoms with Crippen LogP contribution in [0, 0.1) is 0 Å². The molecule has 1 aromatic heterocycles. The summed E-state index contributed by atoms with van der Waals surface area (Å²) >= 11 is 0. The molecule has 0 bridgehead atoms. The van der Waals surface area contributed by atoms with Gasteiger partial charge in [0.15, 0.2) is 6.40 Å². The van der Waals surface area contributed by atoms with Gasteiger partial charge < -0.3 is 4.74 Å². The second-order valence-corrected chi connectivity index (χ2v) is 3.09. The number of rotatable bonds is 3. The molecule has 82 valence electrons. The summed E-state index contributed by atoms with van der Waals surface area (Å²) in [5.41, 5.74) is 0.455. The fraction of sp³-hybridized carbons (Fsp3) is 0.182. The van der Waals surface area contributed by atoms with Crippen LogP contribution in [-0.4, -0.2) is 22.7 Å². The zero-order valence-corrected chi connectivity index (χ0v) is 8.83. The van der Waals surface area contributed by atoms with Gasteiger partial charge in [0.2, 0.25) is 0 Å². The molecule has 16 heavy (non-hydrogen) atoms. The molecule has 0 saturated carbocycles. The molecule has 0 spiro atoms. The maximum absolute atomic E-state index is 11.9. The Bertz CT molecular complexity index is 575. The number of hydrogen-bond acceptors (Lipinski definition) is 4. The number of aromatic nitrogens is 2. The number of benzene rings is 1. The average molecular weight is 217 g/mol. The summed E-state index contributed by atoms with van der Waals surface area (Å²) in [6.45, 7) is 2.35. The van der Waals surface area contributed by atoms with Gasteiger partial charge in [-0.2, -0.15) is 4.68 Å². The van der Waals surface area contributed by atoms with E-state index in [9.17, 15) is 4.79 Å². The third kappa shape index (κ3) is 1.93. The van der Waals surface area contributed by atoms with Crippen LogP contribution in [0.25, 0.3) is 10.9 Å². The molecule has 0 fully saturated rings. The number of hydrogen-bond donors (Lipinski definition) is 0. The standard InChI is InChI=1S/C11H11N3O2/c1-2-16-8-13-14-7-12-10-6-4-3-5-9(10)11(14)15/h3-8H,2H2,1H3. The number of nitrogens with zero attached hydrogens (tertiary/aromatic N) is 3. The highest BCUT2D eigenvalue weighted by molar-refractivity contribution is 5.76. The van der Waals surface area contributed by atoms with Gasteiger partial charge in [-0.3, -0.25) is 4.79 Å². The quantitative estimate of drug-likeness (QED) is 0.573. The Kier molecular flexibility index (Phi) is 2.95. The Morgan fingerprint density at radius 2 is 2.31 bits per heavy atom. The Labute approximate surface area is 92.0 Å². The number of para-hydroxylation sites is 1. The van der Waals surface area contributed by atoms with Gasteiger partial charge in [-0.25, -0.2) is 4.98 Å². The largest absolute Gasteiger partial charge is 0.482 e. The molecule has 1 aromatic carbocycles. The van der Waals surface area contributed by atoms with Crippen LogP contribution in [0.4, 0.5) is 0 Å². The van der Waals surface area contributed by atoms with E-state index in [1.807, 2.05) is 13.0 Å². The molecule has 0 radical (unpaired) electrons. The molecule has 5 heteroatoms. The van der Waals surface area contributed by atoms with Crippen LogP contribution in [0.1, 0.15) is 6.92 Å². The molecule has 0 N–H and O–H groups in total. The number of fused-ring (bicyclic) bond motifs is 1. The van der Waals surface area contributed by atoms with Crippen molar-refractivity contribution in [3.05, 3.63) is 40.9 Å². The zero-order chi connectivity index (χ0) is 11.4. The van der Waals surface area contributed by atoms with E-state index in [1.165, 1.54) is 12.7 Å². The lowest BCUT2D eigenvalue weighted by atomic mass is 10.2. The fourth-order valence-corrected chi connectivity index (χ4v) is 1.30. The van der Waals surface area contributed by atoms with Gasteiger partial charge in [0.25, 0.3) is 5.56 Å². The summed E-state index contributed by atoms with van der Waals surface area (Å²) in [4.78, 5) is 16.0. The summed E-state index contributed by atoms with van der Waals surface area (Å²) in [6, 6.07) is 7.13. The van der Waals surface area contributed by atoms with E-state index in [4.69, 9.17) is 4.74 Å². The van der Waals surface area contributed by atoms with E-state index in [2.05, 4.69) is 10.1 Å². The summed E-state index contributed by atoms with van der Waals surface area (Å²) < 4.78 is 6.08. The maximum Gasteiger partial charge on any atom is 0.281 e. The van der Waals surface area contributed by atoms with Crippen molar-refractivity contribution in [3.8, 4) is 0 Å². The van der Waals surface area contributed by atoms with Crippen LogP contribution in [0.15, 0.2) is 40.5 Å².